The van der Waals surface area contributed by atoms with E-state index in [0.29, 0.717) is 11.3 Å². The van der Waals surface area contributed by atoms with E-state index < -0.39 is 11.2 Å². The number of hydrogen-bond acceptors (Lipinski definition) is 6. The molecule has 2 N–H and O–H groups in total. The van der Waals surface area contributed by atoms with E-state index in [0.717, 1.165) is 4.57 Å². The number of hydrogen-bond donors (Lipinski definition) is 2. The third kappa shape index (κ3) is 4.75. The van der Waals surface area contributed by atoms with Crippen molar-refractivity contribution in [1.82, 2.24) is 9.55 Å². The lowest BCUT2D eigenvalue weighted by molar-refractivity contribution is 0.0453. The Balaban J connectivity index is 2.32. The topological polar surface area (TPSA) is 111 Å². The quantitative estimate of drug-likeness (QED) is 0.407. The zero-order valence-electron chi connectivity index (χ0n) is 13.6. The minimum Gasteiger partial charge on any atom is -0.496 e. The summed E-state index contributed by atoms with van der Waals surface area (Å²) in [5.41, 5.74) is -0.700. The zero-order chi connectivity index (χ0) is 18.2. The normalized spacial score (nSPS) is 11.0. The summed E-state index contributed by atoms with van der Waals surface area (Å²) in [4.78, 5) is 37.9. The van der Waals surface area contributed by atoms with Crippen LogP contribution in [0.15, 0.2) is 46.0 Å². The number of allylic oxidation sites excluding steroid dienone is 1. The molecule has 0 bridgehead atoms. The van der Waals surface area contributed by atoms with Gasteiger partial charge in [0.15, 0.2) is 5.78 Å². The standard InChI is InChI=1S/C17H18N2O6/c1-24-15-5-3-2-4-13(15)14(21)7-6-12-10-16(22)18-17(23)19(12)11-25-9-8-20/h2-7,10,20H,8-9,11H2,1H3,(H,18,22,23)/b7-6+. The Morgan fingerprint density at radius 1 is 1.32 bits per heavy atom. The molecule has 2 aromatic rings. The number of carbonyl (C=O) groups is 1. The summed E-state index contributed by atoms with van der Waals surface area (Å²) >= 11 is 0. The molecular formula is C17H18N2O6. The third-order valence-electron chi connectivity index (χ3n) is 3.30. The van der Waals surface area contributed by atoms with Gasteiger partial charge in [-0.2, -0.15) is 0 Å². The molecule has 8 nitrogen and oxygen atoms in total. The molecule has 0 radical (unpaired) electrons. The average molecular weight is 346 g/mol. The van der Waals surface area contributed by atoms with E-state index in [-0.39, 0.29) is 31.4 Å². The fraction of sp³-hybridized carbons (Fsp3) is 0.235. The number of benzene rings is 1. The van der Waals surface area contributed by atoms with E-state index in [1.54, 1.807) is 24.3 Å². The van der Waals surface area contributed by atoms with Gasteiger partial charge in [-0.15, -0.1) is 0 Å². The van der Waals surface area contributed by atoms with Crippen LogP contribution < -0.4 is 16.0 Å². The third-order valence-corrected chi connectivity index (χ3v) is 3.30. The van der Waals surface area contributed by atoms with Crippen molar-refractivity contribution in [3.63, 3.8) is 0 Å². The number of nitrogens with one attached hydrogen (secondary N) is 1. The van der Waals surface area contributed by atoms with E-state index >= 15 is 0 Å². The average Bonchev–Trinajstić information content (AvgIpc) is 2.61. The summed E-state index contributed by atoms with van der Waals surface area (Å²) in [7, 11) is 1.46. The van der Waals surface area contributed by atoms with Gasteiger partial charge in [0.05, 0.1) is 31.6 Å². The first-order valence-electron chi connectivity index (χ1n) is 7.45. The molecule has 0 aliphatic rings. The highest BCUT2D eigenvalue weighted by Gasteiger charge is 2.09. The predicted molar refractivity (Wildman–Crippen MR) is 90.7 cm³/mol. The Hall–Kier alpha value is -2.97. The van der Waals surface area contributed by atoms with E-state index in [1.165, 1.54) is 25.3 Å². The Kier molecular flexibility index (Phi) is 6.44. The monoisotopic (exact) mass is 346 g/mol. The Morgan fingerprint density at radius 3 is 2.80 bits per heavy atom. The number of H-pyrrole nitrogens is 1. The Bertz CT molecular complexity index is 881. The highest BCUT2D eigenvalue weighted by atomic mass is 16.5. The van der Waals surface area contributed by atoms with Crippen molar-refractivity contribution >= 4 is 11.9 Å². The van der Waals surface area contributed by atoms with Crippen LogP contribution in [0, 0.1) is 0 Å². The summed E-state index contributed by atoms with van der Waals surface area (Å²) in [6.45, 7) is -0.330. The van der Waals surface area contributed by atoms with Crippen LogP contribution in [0.5, 0.6) is 5.75 Å². The second kappa shape index (κ2) is 8.76. The molecule has 0 amide bonds. The summed E-state index contributed by atoms with van der Waals surface area (Å²) < 4.78 is 11.4. The van der Waals surface area contributed by atoms with Gasteiger partial charge in [-0.05, 0) is 24.3 Å². The number of aromatic amines is 1. The molecule has 0 atom stereocenters. The lowest BCUT2D eigenvalue weighted by atomic mass is 10.1. The number of nitrogens with zero attached hydrogens (tertiary/aromatic N) is 1. The van der Waals surface area contributed by atoms with Crippen molar-refractivity contribution < 1.29 is 19.4 Å². The van der Waals surface area contributed by atoms with Gasteiger partial charge >= 0.3 is 5.69 Å². The van der Waals surface area contributed by atoms with Gasteiger partial charge in [0.25, 0.3) is 5.56 Å². The SMILES string of the molecule is COc1ccccc1C(=O)/C=C/c1cc(=O)[nH]c(=O)n1COCCO. The van der Waals surface area contributed by atoms with Crippen molar-refractivity contribution in [3.8, 4) is 5.75 Å². The van der Waals surface area contributed by atoms with Gasteiger partial charge in [0, 0.05) is 6.07 Å². The summed E-state index contributed by atoms with van der Waals surface area (Å²) in [6, 6.07) is 7.89. The van der Waals surface area contributed by atoms with E-state index in [2.05, 4.69) is 4.98 Å². The van der Waals surface area contributed by atoms with Crippen molar-refractivity contribution in [2.75, 3.05) is 20.3 Å². The van der Waals surface area contributed by atoms with Crippen LogP contribution in [0.2, 0.25) is 0 Å². The molecule has 0 saturated heterocycles. The molecule has 2 rings (SSSR count). The van der Waals surface area contributed by atoms with Crippen molar-refractivity contribution in [1.29, 1.82) is 0 Å². The minimum atomic E-state index is -0.671. The zero-order valence-corrected chi connectivity index (χ0v) is 13.6. The van der Waals surface area contributed by atoms with E-state index in [9.17, 15) is 14.4 Å². The van der Waals surface area contributed by atoms with Crippen molar-refractivity contribution in [2.45, 2.75) is 6.73 Å². The number of aromatic nitrogens is 2. The molecule has 0 unspecified atom stereocenters. The molecule has 0 saturated carbocycles. The first-order valence-corrected chi connectivity index (χ1v) is 7.45. The van der Waals surface area contributed by atoms with Crippen molar-refractivity contribution in [3.05, 3.63) is 68.5 Å². The van der Waals surface area contributed by atoms with Gasteiger partial charge < -0.3 is 14.6 Å². The number of carbonyl (C=O) groups excluding carboxylic acids is 1. The number of ether oxygens (including phenoxy) is 2. The number of aliphatic hydroxyl groups is 1. The number of aliphatic hydroxyl groups excluding tert-OH is 1. The molecule has 8 heteroatoms. The molecule has 0 spiro atoms. The van der Waals surface area contributed by atoms with Crippen LogP contribution in [0.4, 0.5) is 0 Å². The fourth-order valence-corrected chi connectivity index (χ4v) is 2.13. The first kappa shape index (κ1) is 18.4. The lowest BCUT2D eigenvalue weighted by Crippen LogP contribution is -2.32. The highest BCUT2D eigenvalue weighted by Crippen LogP contribution is 2.18. The Labute approximate surface area is 143 Å². The molecule has 25 heavy (non-hydrogen) atoms. The number of methoxy groups -OCH3 is 1. The fourth-order valence-electron chi connectivity index (χ4n) is 2.13. The van der Waals surface area contributed by atoms with Gasteiger partial charge in [-0.1, -0.05) is 12.1 Å². The van der Waals surface area contributed by atoms with Crippen LogP contribution in [0.25, 0.3) is 6.08 Å². The largest absolute Gasteiger partial charge is 0.496 e. The van der Waals surface area contributed by atoms with Crippen molar-refractivity contribution in [2.24, 2.45) is 0 Å². The molecule has 0 aliphatic carbocycles. The second-order valence-electron chi connectivity index (χ2n) is 4.95. The number of para-hydroxylation sites is 1. The van der Waals surface area contributed by atoms with Crippen LogP contribution in [-0.4, -0.2) is 40.8 Å². The summed E-state index contributed by atoms with van der Waals surface area (Å²) in [5.74, 6) is 0.0831. The van der Waals surface area contributed by atoms with Crippen LogP contribution in [0.3, 0.4) is 0 Å². The Morgan fingerprint density at radius 2 is 2.08 bits per heavy atom. The number of ketones is 1. The summed E-state index contributed by atoms with van der Waals surface area (Å²) in [6.07, 6.45) is 2.60. The summed E-state index contributed by atoms with van der Waals surface area (Å²) in [5, 5.41) is 8.74. The molecule has 1 aromatic heterocycles. The maximum Gasteiger partial charge on any atom is 0.330 e. The molecule has 0 aliphatic heterocycles. The van der Waals surface area contributed by atoms with Gasteiger partial charge in [-0.25, -0.2) is 4.79 Å². The van der Waals surface area contributed by atoms with Crippen LogP contribution in [-0.2, 0) is 11.5 Å². The van der Waals surface area contributed by atoms with Crippen LogP contribution >= 0.6 is 0 Å². The van der Waals surface area contributed by atoms with Crippen LogP contribution in [0.1, 0.15) is 16.1 Å². The molecular weight excluding hydrogens is 328 g/mol. The molecule has 1 aromatic carbocycles. The maximum absolute atomic E-state index is 12.3. The first-order chi connectivity index (χ1) is 12.1. The molecule has 132 valence electrons. The van der Waals surface area contributed by atoms with E-state index in [4.69, 9.17) is 14.6 Å². The van der Waals surface area contributed by atoms with Gasteiger partial charge in [0.1, 0.15) is 12.5 Å². The predicted octanol–water partition coefficient (Wildman–Crippen LogP) is 0.408. The van der Waals surface area contributed by atoms with Gasteiger partial charge in [0.2, 0.25) is 0 Å². The minimum absolute atomic E-state index is 0.0366. The second-order valence-corrected chi connectivity index (χ2v) is 4.95. The number of rotatable bonds is 8. The maximum atomic E-state index is 12.3. The lowest BCUT2D eigenvalue weighted by Gasteiger charge is -2.09. The molecule has 1 heterocycles. The smallest absolute Gasteiger partial charge is 0.330 e. The van der Waals surface area contributed by atoms with Gasteiger partial charge in [-0.3, -0.25) is 19.1 Å². The van der Waals surface area contributed by atoms with E-state index in [1.807, 2.05) is 0 Å². The highest BCUT2D eigenvalue weighted by molar-refractivity contribution is 6.08. The molecule has 0 fully saturated rings.